The van der Waals surface area contributed by atoms with Crippen molar-refractivity contribution in [3.05, 3.63) is 0 Å². The molecule has 0 bridgehead atoms. The van der Waals surface area contributed by atoms with E-state index in [1.807, 2.05) is 0 Å². The number of hydrogen-bond acceptors (Lipinski definition) is 3. The van der Waals surface area contributed by atoms with E-state index >= 15 is 0 Å². The molecule has 2 atom stereocenters. The van der Waals surface area contributed by atoms with Crippen LogP contribution in [0, 0.1) is 0 Å². The standard InChI is InChI=1S/C7H14O3/c1-9-6-2-3-10-7(4-6)5-8/h6-8H,2-5H2,1H3/t6-,7+/m1/s1/i1D. The van der Waals surface area contributed by atoms with Gasteiger partial charge in [-0.2, -0.15) is 0 Å². The average Bonchev–Trinajstić information content (AvgIpc) is 2.06. The summed E-state index contributed by atoms with van der Waals surface area (Å²) in [5, 5.41) is 8.75. The number of aliphatic hydroxyl groups excluding tert-OH is 1. The number of methoxy groups -OCH3 is 1. The second-order valence-corrected chi connectivity index (χ2v) is 2.49. The van der Waals surface area contributed by atoms with E-state index in [0.29, 0.717) is 6.61 Å². The van der Waals surface area contributed by atoms with Crippen LogP contribution in [0.5, 0.6) is 0 Å². The fourth-order valence-corrected chi connectivity index (χ4v) is 1.12. The molecule has 3 nitrogen and oxygen atoms in total. The Bertz CT molecular complexity index is 108. The number of aliphatic hydroxyl groups is 1. The summed E-state index contributed by atoms with van der Waals surface area (Å²) in [5.74, 6) is 0. The van der Waals surface area contributed by atoms with Crippen molar-refractivity contribution in [1.82, 2.24) is 0 Å². The second kappa shape index (κ2) is 3.91. The molecule has 1 aliphatic heterocycles. The molecule has 1 aliphatic rings. The summed E-state index contributed by atoms with van der Waals surface area (Å²) in [6.45, 7) is 0.688. The maximum absolute atomic E-state index is 8.75. The lowest BCUT2D eigenvalue weighted by Crippen LogP contribution is -2.32. The van der Waals surface area contributed by atoms with E-state index in [9.17, 15) is 0 Å². The summed E-state index contributed by atoms with van der Waals surface area (Å²) in [5.41, 5.74) is 0. The molecule has 0 amide bonds. The molecular weight excluding hydrogens is 132 g/mol. The number of ether oxygens (including phenoxy) is 2. The minimum absolute atomic E-state index is 0.00279. The first-order valence-corrected chi connectivity index (χ1v) is 3.50. The molecule has 0 aromatic carbocycles. The van der Waals surface area contributed by atoms with Crippen molar-refractivity contribution in [1.29, 1.82) is 0 Å². The number of rotatable bonds is 2. The Morgan fingerprint density at radius 3 is 3.50 bits per heavy atom. The Morgan fingerprint density at radius 2 is 2.80 bits per heavy atom. The summed E-state index contributed by atoms with van der Waals surface area (Å²) in [6, 6.07) is 0. The predicted molar refractivity (Wildman–Crippen MR) is 36.9 cm³/mol. The van der Waals surface area contributed by atoms with Crippen LogP contribution in [0.25, 0.3) is 0 Å². The predicted octanol–water partition coefficient (Wildman–Crippen LogP) is 0.173. The third kappa shape index (κ3) is 1.94. The van der Waals surface area contributed by atoms with Gasteiger partial charge in [-0.1, -0.05) is 0 Å². The molecule has 0 aliphatic carbocycles. The minimum Gasteiger partial charge on any atom is -0.394 e. The molecule has 1 rings (SSSR count). The van der Waals surface area contributed by atoms with Crippen LogP contribution >= 0.6 is 0 Å². The Balaban J connectivity index is 2.21. The normalized spacial score (nSPS) is 35.5. The summed E-state index contributed by atoms with van der Waals surface area (Å²) < 4.78 is 17.1. The molecule has 0 spiro atoms. The highest BCUT2D eigenvalue weighted by atomic mass is 16.5. The monoisotopic (exact) mass is 147 g/mol. The first-order valence-electron chi connectivity index (χ1n) is 4.21. The van der Waals surface area contributed by atoms with Crippen LogP contribution in [0.3, 0.4) is 0 Å². The largest absolute Gasteiger partial charge is 0.394 e. The van der Waals surface area contributed by atoms with Crippen molar-refractivity contribution >= 4 is 0 Å². The molecule has 1 saturated heterocycles. The summed E-state index contributed by atoms with van der Waals surface area (Å²) in [4.78, 5) is 0. The van der Waals surface area contributed by atoms with E-state index < -0.39 is 0 Å². The fourth-order valence-electron chi connectivity index (χ4n) is 1.12. The van der Waals surface area contributed by atoms with E-state index in [1.165, 1.54) is 0 Å². The van der Waals surface area contributed by atoms with Gasteiger partial charge in [0.1, 0.15) is 0 Å². The topological polar surface area (TPSA) is 38.7 Å². The Hall–Kier alpha value is -0.120. The van der Waals surface area contributed by atoms with Crippen LogP contribution in [0.15, 0.2) is 0 Å². The van der Waals surface area contributed by atoms with Crippen LogP contribution in [0.4, 0.5) is 0 Å². The van der Waals surface area contributed by atoms with Gasteiger partial charge < -0.3 is 14.6 Å². The van der Waals surface area contributed by atoms with Crippen LogP contribution in [0.2, 0.25) is 0 Å². The fraction of sp³-hybridized carbons (Fsp3) is 1.00. The average molecular weight is 147 g/mol. The Labute approximate surface area is 62.3 Å². The third-order valence-electron chi connectivity index (χ3n) is 1.76. The van der Waals surface area contributed by atoms with Gasteiger partial charge in [0.2, 0.25) is 0 Å². The van der Waals surface area contributed by atoms with Crippen molar-refractivity contribution in [2.45, 2.75) is 25.0 Å². The maximum Gasteiger partial charge on any atom is 0.0830 e. The van der Waals surface area contributed by atoms with E-state index in [-0.39, 0.29) is 25.9 Å². The smallest absolute Gasteiger partial charge is 0.0830 e. The molecule has 1 fully saturated rings. The zero-order valence-electron chi connectivity index (χ0n) is 6.95. The SMILES string of the molecule is [2H]CO[C@@H]1CCO[C@H](CO)C1. The molecule has 0 unspecified atom stereocenters. The molecule has 0 aromatic heterocycles. The highest BCUT2D eigenvalue weighted by Gasteiger charge is 2.20. The van der Waals surface area contributed by atoms with Gasteiger partial charge in [-0.3, -0.25) is 0 Å². The Kier molecular flexibility index (Phi) is 2.57. The second-order valence-electron chi connectivity index (χ2n) is 2.49. The van der Waals surface area contributed by atoms with Gasteiger partial charge in [0.05, 0.1) is 20.2 Å². The van der Waals surface area contributed by atoms with Crippen LogP contribution < -0.4 is 0 Å². The van der Waals surface area contributed by atoms with E-state index in [4.69, 9.17) is 16.0 Å². The van der Waals surface area contributed by atoms with Crippen molar-refractivity contribution in [2.24, 2.45) is 0 Å². The number of hydrogen-bond donors (Lipinski definition) is 1. The molecule has 0 aromatic rings. The molecule has 10 heavy (non-hydrogen) atoms. The van der Waals surface area contributed by atoms with Crippen molar-refractivity contribution < 1.29 is 16.0 Å². The van der Waals surface area contributed by atoms with Crippen LogP contribution in [-0.4, -0.2) is 37.6 Å². The summed E-state index contributed by atoms with van der Waals surface area (Å²) in [7, 11) is 0.00279. The lowest BCUT2D eigenvalue weighted by molar-refractivity contribution is -0.0761. The maximum atomic E-state index is 8.75. The molecule has 0 saturated carbocycles. The van der Waals surface area contributed by atoms with Gasteiger partial charge >= 0.3 is 0 Å². The highest BCUT2D eigenvalue weighted by molar-refractivity contribution is 4.70. The van der Waals surface area contributed by atoms with Crippen molar-refractivity contribution in [3.63, 3.8) is 0 Å². The van der Waals surface area contributed by atoms with Crippen LogP contribution in [-0.2, 0) is 9.47 Å². The molecule has 1 heterocycles. The van der Waals surface area contributed by atoms with E-state index in [2.05, 4.69) is 0 Å². The van der Waals surface area contributed by atoms with Crippen molar-refractivity contribution in [3.8, 4) is 0 Å². The van der Waals surface area contributed by atoms with E-state index in [1.54, 1.807) is 0 Å². The summed E-state index contributed by atoms with van der Waals surface area (Å²) in [6.07, 6.45) is 1.59. The van der Waals surface area contributed by atoms with Gasteiger partial charge in [0, 0.05) is 20.1 Å². The lowest BCUT2D eigenvalue weighted by atomic mass is 10.1. The van der Waals surface area contributed by atoms with E-state index in [0.717, 1.165) is 12.8 Å². The minimum atomic E-state index is -0.0831. The lowest BCUT2D eigenvalue weighted by Gasteiger charge is -2.27. The van der Waals surface area contributed by atoms with Gasteiger partial charge in [-0.15, -0.1) is 0 Å². The first-order chi connectivity index (χ1) is 5.36. The van der Waals surface area contributed by atoms with Crippen LogP contribution in [0.1, 0.15) is 14.2 Å². The molecule has 1 N–H and O–H groups in total. The van der Waals surface area contributed by atoms with Gasteiger partial charge in [0.25, 0.3) is 0 Å². The molecule has 3 heteroatoms. The third-order valence-corrected chi connectivity index (χ3v) is 1.76. The Morgan fingerprint density at radius 1 is 1.90 bits per heavy atom. The summed E-state index contributed by atoms with van der Waals surface area (Å²) >= 11 is 0. The van der Waals surface area contributed by atoms with Gasteiger partial charge in [0.15, 0.2) is 0 Å². The quantitative estimate of drug-likeness (QED) is 0.605. The van der Waals surface area contributed by atoms with Gasteiger partial charge in [-0.05, 0) is 6.42 Å². The molecular formula is C7H14O3. The first kappa shape index (κ1) is 6.58. The highest BCUT2D eigenvalue weighted by Crippen LogP contribution is 2.15. The van der Waals surface area contributed by atoms with Crippen molar-refractivity contribution in [2.75, 3.05) is 20.3 Å². The van der Waals surface area contributed by atoms with Gasteiger partial charge in [-0.25, -0.2) is 0 Å². The molecule has 0 radical (unpaired) electrons. The molecule has 60 valence electrons. The zero-order valence-corrected chi connectivity index (χ0v) is 5.95. The zero-order chi connectivity index (χ0) is 8.10.